The van der Waals surface area contributed by atoms with Crippen LogP contribution in [0, 0.1) is 6.07 Å². The van der Waals surface area contributed by atoms with Gasteiger partial charge in [-0.25, -0.2) is 8.42 Å². The van der Waals surface area contributed by atoms with Crippen molar-refractivity contribution >= 4 is 9.84 Å². The molecule has 0 N–H and O–H groups in total. The summed E-state index contributed by atoms with van der Waals surface area (Å²) in [6.07, 6.45) is 1.21. The zero-order valence-electron chi connectivity index (χ0n) is 8.03. The zero-order chi connectivity index (χ0) is 10.1. The van der Waals surface area contributed by atoms with Crippen molar-refractivity contribution in [3.05, 3.63) is 29.8 Å². The Morgan fingerprint density at radius 2 is 2.00 bits per heavy atom. The molecule has 0 aromatic heterocycles. The second-order valence-corrected chi connectivity index (χ2v) is 5.33. The first-order chi connectivity index (χ1) is 5.93. The van der Waals surface area contributed by atoms with E-state index in [4.69, 9.17) is 0 Å². The fraction of sp³-hybridized carbons (Fsp3) is 0.400. The summed E-state index contributed by atoms with van der Waals surface area (Å²) in [6, 6.07) is 8.04. The van der Waals surface area contributed by atoms with Crippen LogP contribution in [0.5, 0.6) is 0 Å². The minimum absolute atomic E-state index is 0.210. The van der Waals surface area contributed by atoms with Gasteiger partial charge in [-0.3, -0.25) is 0 Å². The highest BCUT2D eigenvalue weighted by molar-refractivity contribution is 7.90. The fourth-order valence-corrected chi connectivity index (χ4v) is 2.22. The number of hydrogen-bond acceptors (Lipinski definition) is 2. The van der Waals surface area contributed by atoms with E-state index in [0.29, 0.717) is 4.90 Å². The predicted octanol–water partition coefficient (Wildman–Crippen LogP) is 2.01. The average molecular weight is 197 g/mol. The molecule has 0 atom stereocenters. The van der Waals surface area contributed by atoms with E-state index in [-0.39, 0.29) is 5.92 Å². The molecular formula is C10H13O2S. The SMILES string of the molecule is CC(C)c1ccc[c]c1S(C)(=O)=O. The highest BCUT2D eigenvalue weighted by Crippen LogP contribution is 2.22. The Bertz CT molecular complexity index is 391. The third-order valence-electron chi connectivity index (χ3n) is 1.84. The Labute approximate surface area is 79.5 Å². The molecule has 0 saturated carbocycles. The van der Waals surface area contributed by atoms with Gasteiger partial charge in [0, 0.05) is 12.3 Å². The molecule has 1 aromatic rings. The summed E-state index contributed by atoms with van der Waals surface area (Å²) in [5.41, 5.74) is 0.838. The van der Waals surface area contributed by atoms with E-state index >= 15 is 0 Å². The Kier molecular flexibility index (Phi) is 2.76. The van der Waals surface area contributed by atoms with Crippen molar-refractivity contribution in [2.75, 3.05) is 6.26 Å². The lowest BCUT2D eigenvalue weighted by Gasteiger charge is -2.09. The second kappa shape index (κ2) is 3.50. The van der Waals surface area contributed by atoms with Crippen molar-refractivity contribution in [1.82, 2.24) is 0 Å². The normalized spacial score (nSPS) is 12.0. The van der Waals surface area contributed by atoms with E-state index in [0.717, 1.165) is 5.56 Å². The highest BCUT2D eigenvalue weighted by Gasteiger charge is 2.14. The summed E-state index contributed by atoms with van der Waals surface area (Å²) in [6.45, 7) is 3.94. The van der Waals surface area contributed by atoms with Gasteiger partial charge in [0.2, 0.25) is 0 Å². The third kappa shape index (κ3) is 2.31. The molecule has 0 aliphatic carbocycles. The molecule has 0 aliphatic heterocycles. The van der Waals surface area contributed by atoms with Crippen molar-refractivity contribution in [2.24, 2.45) is 0 Å². The van der Waals surface area contributed by atoms with E-state index in [1.807, 2.05) is 26.0 Å². The number of sulfone groups is 1. The van der Waals surface area contributed by atoms with Crippen molar-refractivity contribution < 1.29 is 8.42 Å². The van der Waals surface area contributed by atoms with E-state index in [9.17, 15) is 8.42 Å². The molecule has 0 aliphatic rings. The monoisotopic (exact) mass is 197 g/mol. The molecule has 0 fully saturated rings. The maximum Gasteiger partial charge on any atom is 0.176 e. The van der Waals surface area contributed by atoms with E-state index in [2.05, 4.69) is 6.07 Å². The van der Waals surface area contributed by atoms with Crippen LogP contribution in [0.15, 0.2) is 23.1 Å². The molecule has 0 saturated heterocycles. The lowest BCUT2D eigenvalue weighted by Crippen LogP contribution is -2.03. The topological polar surface area (TPSA) is 34.1 Å². The van der Waals surface area contributed by atoms with E-state index in [1.54, 1.807) is 6.07 Å². The summed E-state index contributed by atoms with van der Waals surface area (Å²) in [4.78, 5) is 0.324. The van der Waals surface area contributed by atoms with Crippen LogP contribution in [-0.2, 0) is 9.84 Å². The van der Waals surface area contributed by atoms with Gasteiger partial charge in [-0.1, -0.05) is 32.0 Å². The maximum absolute atomic E-state index is 11.3. The Morgan fingerprint density at radius 3 is 2.38 bits per heavy atom. The van der Waals surface area contributed by atoms with E-state index in [1.165, 1.54) is 6.26 Å². The molecule has 1 radical (unpaired) electrons. The molecule has 0 bridgehead atoms. The molecule has 0 unspecified atom stereocenters. The first-order valence-electron chi connectivity index (χ1n) is 4.13. The molecule has 1 rings (SSSR count). The van der Waals surface area contributed by atoms with Crippen molar-refractivity contribution in [2.45, 2.75) is 24.7 Å². The molecular weight excluding hydrogens is 184 g/mol. The minimum Gasteiger partial charge on any atom is -0.224 e. The van der Waals surface area contributed by atoms with Crippen LogP contribution in [0.4, 0.5) is 0 Å². The van der Waals surface area contributed by atoms with Crippen LogP contribution in [0.2, 0.25) is 0 Å². The molecule has 0 spiro atoms. The summed E-state index contributed by atoms with van der Waals surface area (Å²) < 4.78 is 22.7. The maximum atomic E-state index is 11.3. The molecule has 3 heteroatoms. The molecule has 2 nitrogen and oxygen atoms in total. The van der Waals surface area contributed by atoms with Gasteiger partial charge in [-0.05, 0) is 11.5 Å². The number of hydrogen-bond donors (Lipinski definition) is 0. The highest BCUT2D eigenvalue weighted by atomic mass is 32.2. The smallest absolute Gasteiger partial charge is 0.176 e. The summed E-state index contributed by atoms with van der Waals surface area (Å²) >= 11 is 0. The lowest BCUT2D eigenvalue weighted by molar-refractivity contribution is 0.599. The summed E-state index contributed by atoms with van der Waals surface area (Å²) in [5.74, 6) is 0.210. The van der Waals surface area contributed by atoms with Crippen LogP contribution in [0.25, 0.3) is 0 Å². The second-order valence-electron chi connectivity index (χ2n) is 3.38. The average Bonchev–Trinajstić information content (AvgIpc) is 2.03. The first-order valence-corrected chi connectivity index (χ1v) is 6.02. The first kappa shape index (κ1) is 10.3. The molecule has 0 amide bonds. The van der Waals surface area contributed by atoms with Crippen LogP contribution >= 0.6 is 0 Å². The fourth-order valence-electron chi connectivity index (χ4n) is 1.21. The van der Waals surface area contributed by atoms with Crippen molar-refractivity contribution in [3.8, 4) is 0 Å². The summed E-state index contributed by atoms with van der Waals surface area (Å²) in [7, 11) is -3.13. The molecule has 13 heavy (non-hydrogen) atoms. The number of rotatable bonds is 2. The van der Waals surface area contributed by atoms with Gasteiger partial charge in [0.15, 0.2) is 9.84 Å². The number of benzene rings is 1. The van der Waals surface area contributed by atoms with Gasteiger partial charge in [0.25, 0.3) is 0 Å². The van der Waals surface area contributed by atoms with Gasteiger partial charge in [-0.2, -0.15) is 0 Å². The van der Waals surface area contributed by atoms with Gasteiger partial charge in [-0.15, -0.1) is 0 Å². The lowest BCUT2D eigenvalue weighted by atomic mass is 10.0. The van der Waals surface area contributed by atoms with Crippen molar-refractivity contribution in [3.63, 3.8) is 0 Å². The summed E-state index contributed by atoms with van der Waals surface area (Å²) in [5, 5.41) is 0. The third-order valence-corrected chi connectivity index (χ3v) is 2.94. The van der Waals surface area contributed by atoms with Gasteiger partial charge in [0.1, 0.15) is 0 Å². The zero-order valence-corrected chi connectivity index (χ0v) is 8.85. The van der Waals surface area contributed by atoms with E-state index < -0.39 is 9.84 Å². The minimum atomic E-state index is -3.13. The predicted molar refractivity (Wildman–Crippen MR) is 52.5 cm³/mol. The quantitative estimate of drug-likeness (QED) is 0.726. The Balaban J connectivity index is 3.37. The van der Waals surface area contributed by atoms with Crippen LogP contribution in [0.3, 0.4) is 0 Å². The van der Waals surface area contributed by atoms with Crippen molar-refractivity contribution in [1.29, 1.82) is 0 Å². The molecule has 1 aromatic carbocycles. The van der Waals surface area contributed by atoms with Gasteiger partial charge < -0.3 is 0 Å². The standard InChI is InChI=1S/C10H13O2S/c1-8(2)9-6-4-5-7-10(9)13(3,11)12/h4-6,8H,1-3H3. The molecule has 0 heterocycles. The van der Waals surface area contributed by atoms with Crippen LogP contribution in [-0.4, -0.2) is 14.7 Å². The van der Waals surface area contributed by atoms with Crippen LogP contribution < -0.4 is 0 Å². The largest absolute Gasteiger partial charge is 0.224 e. The Morgan fingerprint density at radius 1 is 1.38 bits per heavy atom. The van der Waals surface area contributed by atoms with Gasteiger partial charge in [0.05, 0.1) is 4.90 Å². The Hall–Kier alpha value is -0.830. The molecule has 71 valence electrons. The van der Waals surface area contributed by atoms with Gasteiger partial charge >= 0.3 is 0 Å². The van der Waals surface area contributed by atoms with Crippen LogP contribution in [0.1, 0.15) is 25.3 Å².